The molecule has 0 aromatic heterocycles. The molecule has 0 aliphatic carbocycles. The Balaban J connectivity index is 2.50. The maximum absolute atomic E-state index is 12.9. The maximum Gasteiger partial charge on any atom is 0.235 e. The fourth-order valence-electron chi connectivity index (χ4n) is 1.73. The average molecular weight is 207 g/mol. The highest BCUT2D eigenvalue weighted by molar-refractivity contribution is 6.20. The van der Waals surface area contributed by atoms with Crippen molar-refractivity contribution in [3.63, 3.8) is 0 Å². The van der Waals surface area contributed by atoms with Gasteiger partial charge in [-0.3, -0.25) is 9.59 Å². The number of ketones is 1. The highest BCUT2D eigenvalue weighted by Gasteiger charge is 2.32. The van der Waals surface area contributed by atoms with Crippen molar-refractivity contribution in [3.05, 3.63) is 29.6 Å². The summed E-state index contributed by atoms with van der Waals surface area (Å²) in [7, 11) is 0. The number of fused-ring (bicyclic) bond motifs is 1. The standard InChI is InChI=1S/C11H10FNO2/c1-2-7-10(14)8-4-3-6(12)5-9(8)13-11(7)15/h3-5,7H,2H2,1H3,(H,13,15). The Kier molecular flexibility index (Phi) is 2.26. The van der Waals surface area contributed by atoms with Gasteiger partial charge in [0.25, 0.3) is 0 Å². The van der Waals surface area contributed by atoms with E-state index in [1.807, 2.05) is 0 Å². The lowest BCUT2D eigenvalue weighted by molar-refractivity contribution is -0.118. The number of benzene rings is 1. The molecule has 4 heteroatoms. The van der Waals surface area contributed by atoms with Crippen LogP contribution in [0.3, 0.4) is 0 Å². The molecule has 0 radical (unpaired) electrons. The monoisotopic (exact) mass is 207 g/mol. The van der Waals surface area contributed by atoms with Crippen LogP contribution in [0.25, 0.3) is 0 Å². The molecule has 0 fully saturated rings. The predicted octanol–water partition coefficient (Wildman–Crippen LogP) is 1.99. The number of hydrogen-bond donors (Lipinski definition) is 1. The molecule has 0 spiro atoms. The fraction of sp³-hybridized carbons (Fsp3) is 0.273. The smallest absolute Gasteiger partial charge is 0.235 e. The second-order valence-electron chi connectivity index (χ2n) is 3.50. The molecule has 1 N–H and O–H groups in total. The van der Waals surface area contributed by atoms with Gasteiger partial charge in [0.2, 0.25) is 5.91 Å². The number of rotatable bonds is 1. The van der Waals surface area contributed by atoms with E-state index in [1.165, 1.54) is 12.1 Å². The summed E-state index contributed by atoms with van der Waals surface area (Å²) in [6.07, 6.45) is 0.460. The topological polar surface area (TPSA) is 46.2 Å². The fourth-order valence-corrected chi connectivity index (χ4v) is 1.73. The Morgan fingerprint density at radius 1 is 1.40 bits per heavy atom. The van der Waals surface area contributed by atoms with Crippen molar-refractivity contribution in [1.82, 2.24) is 0 Å². The third-order valence-electron chi connectivity index (χ3n) is 2.55. The Morgan fingerprint density at radius 3 is 2.80 bits per heavy atom. The summed E-state index contributed by atoms with van der Waals surface area (Å²) in [5, 5.41) is 2.53. The van der Waals surface area contributed by atoms with Gasteiger partial charge in [-0.15, -0.1) is 0 Å². The van der Waals surface area contributed by atoms with Gasteiger partial charge >= 0.3 is 0 Å². The molecule has 1 aromatic rings. The first-order valence-electron chi connectivity index (χ1n) is 4.78. The first-order valence-corrected chi connectivity index (χ1v) is 4.78. The number of Topliss-reactive ketones (excluding diaryl/α,β-unsaturated/α-hetero) is 1. The third-order valence-corrected chi connectivity index (χ3v) is 2.55. The maximum atomic E-state index is 12.9. The zero-order valence-electron chi connectivity index (χ0n) is 8.21. The molecule has 1 atom stereocenters. The Morgan fingerprint density at radius 2 is 2.13 bits per heavy atom. The van der Waals surface area contributed by atoms with Crippen molar-refractivity contribution in [2.45, 2.75) is 13.3 Å². The molecule has 0 saturated heterocycles. The molecular formula is C11H10FNO2. The summed E-state index contributed by atoms with van der Waals surface area (Å²) in [6.45, 7) is 1.77. The zero-order chi connectivity index (χ0) is 11.0. The highest BCUT2D eigenvalue weighted by Crippen LogP contribution is 2.27. The first kappa shape index (κ1) is 9.83. The van der Waals surface area contributed by atoms with Crippen LogP contribution in [0, 0.1) is 11.7 Å². The Labute approximate surface area is 86.3 Å². The summed E-state index contributed by atoms with van der Waals surface area (Å²) in [4.78, 5) is 23.2. The van der Waals surface area contributed by atoms with E-state index in [9.17, 15) is 14.0 Å². The van der Waals surface area contributed by atoms with Crippen LogP contribution < -0.4 is 5.32 Å². The molecule has 1 unspecified atom stereocenters. The molecule has 2 rings (SSSR count). The van der Waals surface area contributed by atoms with Gasteiger partial charge < -0.3 is 5.32 Å². The number of carbonyl (C=O) groups excluding carboxylic acids is 2. The highest BCUT2D eigenvalue weighted by atomic mass is 19.1. The van der Waals surface area contributed by atoms with Crippen LogP contribution in [0.1, 0.15) is 23.7 Å². The number of halogens is 1. The van der Waals surface area contributed by atoms with E-state index >= 15 is 0 Å². The van der Waals surface area contributed by atoms with E-state index in [0.29, 0.717) is 12.0 Å². The van der Waals surface area contributed by atoms with Crippen LogP contribution in [-0.2, 0) is 4.79 Å². The van der Waals surface area contributed by atoms with Gasteiger partial charge in [-0.1, -0.05) is 6.92 Å². The predicted molar refractivity (Wildman–Crippen MR) is 53.1 cm³/mol. The summed E-state index contributed by atoms with van der Waals surface area (Å²) in [6, 6.07) is 3.80. The van der Waals surface area contributed by atoms with Crippen LogP contribution in [0.2, 0.25) is 0 Å². The van der Waals surface area contributed by atoms with Crippen molar-refractivity contribution in [2.24, 2.45) is 5.92 Å². The molecule has 78 valence electrons. The van der Waals surface area contributed by atoms with Gasteiger partial charge in [0.15, 0.2) is 5.78 Å². The van der Waals surface area contributed by atoms with Crippen LogP contribution in [0.15, 0.2) is 18.2 Å². The van der Waals surface area contributed by atoms with Crippen molar-refractivity contribution < 1.29 is 14.0 Å². The first-order chi connectivity index (χ1) is 7.13. The minimum absolute atomic E-state index is 0.226. The lowest BCUT2D eigenvalue weighted by Gasteiger charge is -2.22. The van der Waals surface area contributed by atoms with Crippen molar-refractivity contribution in [1.29, 1.82) is 0 Å². The molecule has 1 heterocycles. The van der Waals surface area contributed by atoms with Crippen molar-refractivity contribution >= 4 is 17.4 Å². The third kappa shape index (κ3) is 1.52. The van der Waals surface area contributed by atoms with Gasteiger partial charge in [0.05, 0.1) is 5.69 Å². The molecule has 3 nitrogen and oxygen atoms in total. The Hall–Kier alpha value is -1.71. The summed E-state index contributed by atoms with van der Waals surface area (Å²) in [5.74, 6) is -1.67. The number of hydrogen-bond acceptors (Lipinski definition) is 2. The molecule has 1 aliphatic rings. The van der Waals surface area contributed by atoms with Gasteiger partial charge in [-0.2, -0.15) is 0 Å². The second-order valence-corrected chi connectivity index (χ2v) is 3.50. The molecule has 0 bridgehead atoms. The van der Waals surface area contributed by atoms with E-state index in [-0.39, 0.29) is 17.4 Å². The molecule has 1 amide bonds. The van der Waals surface area contributed by atoms with E-state index in [2.05, 4.69) is 5.32 Å². The Bertz CT molecular complexity index is 442. The summed E-state index contributed by atoms with van der Waals surface area (Å²) < 4.78 is 12.9. The average Bonchev–Trinajstić information content (AvgIpc) is 2.17. The molecule has 1 aliphatic heterocycles. The van der Waals surface area contributed by atoms with Gasteiger partial charge in [-0.25, -0.2) is 4.39 Å². The quantitative estimate of drug-likeness (QED) is 0.716. The van der Waals surface area contributed by atoms with Gasteiger partial charge in [-0.05, 0) is 24.6 Å². The van der Waals surface area contributed by atoms with Gasteiger partial charge in [0.1, 0.15) is 11.7 Å². The SMILES string of the molecule is CCC1C(=O)Nc2cc(F)ccc2C1=O. The van der Waals surface area contributed by atoms with Crippen molar-refractivity contribution in [3.8, 4) is 0 Å². The lowest BCUT2D eigenvalue weighted by atomic mass is 9.90. The molecule has 15 heavy (non-hydrogen) atoms. The zero-order valence-corrected chi connectivity index (χ0v) is 8.21. The normalized spacial score (nSPS) is 19.7. The minimum Gasteiger partial charge on any atom is -0.325 e. The lowest BCUT2D eigenvalue weighted by Crippen LogP contribution is -2.34. The molecular weight excluding hydrogens is 197 g/mol. The van der Waals surface area contributed by atoms with Crippen LogP contribution in [0.5, 0.6) is 0 Å². The minimum atomic E-state index is -0.636. The van der Waals surface area contributed by atoms with E-state index < -0.39 is 11.7 Å². The van der Waals surface area contributed by atoms with Crippen molar-refractivity contribution in [2.75, 3.05) is 5.32 Å². The second kappa shape index (κ2) is 3.46. The van der Waals surface area contributed by atoms with Crippen LogP contribution in [0.4, 0.5) is 10.1 Å². The van der Waals surface area contributed by atoms with Crippen LogP contribution >= 0.6 is 0 Å². The van der Waals surface area contributed by atoms with E-state index in [1.54, 1.807) is 6.92 Å². The van der Waals surface area contributed by atoms with E-state index in [0.717, 1.165) is 6.07 Å². The van der Waals surface area contributed by atoms with E-state index in [4.69, 9.17) is 0 Å². The summed E-state index contributed by atoms with van der Waals surface area (Å²) >= 11 is 0. The number of carbonyl (C=O) groups is 2. The van der Waals surface area contributed by atoms with Crippen LogP contribution in [-0.4, -0.2) is 11.7 Å². The van der Waals surface area contributed by atoms with Gasteiger partial charge in [0, 0.05) is 5.56 Å². The number of amides is 1. The molecule has 1 aromatic carbocycles. The number of nitrogens with one attached hydrogen (secondary N) is 1. The summed E-state index contributed by atoms with van der Waals surface area (Å²) in [5.41, 5.74) is 0.664. The molecule has 0 saturated carbocycles. The largest absolute Gasteiger partial charge is 0.325 e. The number of anilines is 1.